The van der Waals surface area contributed by atoms with Crippen molar-refractivity contribution in [1.29, 1.82) is 5.26 Å². The van der Waals surface area contributed by atoms with Crippen molar-refractivity contribution in [3.63, 3.8) is 0 Å². The van der Waals surface area contributed by atoms with Crippen molar-refractivity contribution in [2.24, 2.45) is 5.41 Å². The average Bonchev–Trinajstić information content (AvgIpc) is 2.35. The Labute approximate surface area is 124 Å². The highest BCUT2D eigenvalue weighted by Gasteiger charge is 2.22. The van der Waals surface area contributed by atoms with Gasteiger partial charge in [0.25, 0.3) is 0 Å². The Morgan fingerprint density at radius 3 is 2.05 bits per heavy atom. The molecule has 0 spiro atoms. The summed E-state index contributed by atoms with van der Waals surface area (Å²) in [5, 5.41) is 18.8. The number of hydrogen-bond donors (Lipinski definition) is 1. The first-order valence-electron chi connectivity index (χ1n) is 7.80. The van der Waals surface area contributed by atoms with Gasteiger partial charge in [0.1, 0.15) is 0 Å². The van der Waals surface area contributed by atoms with E-state index in [0.717, 1.165) is 52.1 Å². The minimum absolute atomic E-state index is 0.175. The van der Waals surface area contributed by atoms with Crippen LogP contribution in [0.1, 0.15) is 47.0 Å². The van der Waals surface area contributed by atoms with Crippen molar-refractivity contribution in [3.8, 4) is 6.07 Å². The molecule has 1 N–H and O–H groups in total. The van der Waals surface area contributed by atoms with Crippen molar-refractivity contribution in [1.82, 2.24) is 9.80 Å². The maximum absolute atomic E-state index is 9.83. The summed E-state index contributed by atoms with van der Waals surface area (Å²) < 4.78 is 0. The molecule has 1 fully saturated rings. The number of nitriles is 1. The molecular weight excluding hydrogens is 250 g/mol. The molecule has 0 saturated carbocycles. The molecule has 0 amide bonds. The van der Waals surface area contributed by atoms with Crippen LogP contribution in [0.2, 0.25) is 0 Å². The Balaban J connectivity index is 2.13. The molecule has 4 heteroatoms. The highest BCUT2D eigenvalue weighted by molar-refractivity contribution is 4.91. The molecular formula is C16H31N3O. The van der Waals surface area contributed by atoms with Crippen LogP contribution >= 0.6 is 0 Å². The molecule has 0 atom stereocenters. The molecule has 1 heterocycles. The summed E-state index contributed by atoms with van der Waals surface area (Å²) in [6.07, 6.45) is 3.29. The van der Waals surface area contributed by atoms with Gasteiger partial charge in [-0.15, -0.1) is 0 Å². The van der Waals surface area contributed by atoms with Gasteiger partial charge in [0.05, 0.1) is 17.1 Å². The van der Waals surface area contributed by atoms with Crippen molar-refractivity contribution >= 4 is 0 Å². The number of aliphatic hydroxyl groups is 1. The van der Waals surface area contributed by atoms with Crippen LogP contribution in [0, 0.1) is 16.7 Å². The Morgan fingerprint density at radius 1 is 1.00 bits per heavy atom. The van der Waals surface area contributed by atoms with Crippen molar-refractivity contribution in [2.45, 2.75) is 52.6 Å². The van der Waals surface area contributed by atoms with Gasteiger partial charge in [-0.25, -0.2) is 0 Å². The molecule has 0 bridgehead atoms. The smallest absolute Gasteiger partial charge is 0.0718 e. The third kappa shape index (κ3) is 7.23. The van der Waals surface area contributed by atoms with Crippen LogP contribution in [0.5, 0.6) is 0 Å². The molecule has 1 aliphatic rings. The van der Waals surface area contributed by atoms with Gasteiger partial charge >= 0.3 is 0 Å². The molecule has 0 unspecified atom stereocenters. The molecule has 0 aromatic carbocycles. The van der Waals surface area contributed by atoms with Crippen LogP contribution in [0.4, 0.5) is 0 Å². The first kappa shape index (κ1) is 17.4. The Bertz CT molecular complexity index is 320. The number of rotatable bonds is 7. The summed E-state index contributed by atoms with van der Waals surface area (Å²) in [5.41, 5.74) is -0.767. The van der Waals surface area contributed by atoms with E-state index in [0.29, 0.717) is 0 Å². The average molecular weight is 281 g/mol. The number of unbranched alkanes of at least 4 members (excludes halogenated alkanes) is 1. The number of nitrogens with zero attached hydrogens (tertiary/aromatic N) is 3. The van der Waals surface area contributed by atoms with Gasteiger partial charge < -0.3 is 10.0 Å². The second kappa shape index (κ2) is 7.40. The summed E-state index contributed by atoms with van der Waals surface area (Å²) in [6, 6.07) is 2.36. The minimum atomic E-state index is -0.592. The van der Waals surface area contributed by atoms with Gasteiger partial charge in [-0.05, 0) is 47.1 Å². The fourth-order valence-electron chi connectivity index (χ4n) is 2.68. The molecule has 0 aromatic heterocycles. The summed E-state index contributed by atoms with van der Waals surface area (Å²) in [5.74, 6) is 0. The van der Waals surface area contributed by atoms with Crippen molar-refractivity contribution < 1.29 is 5.11 Å². The Kier molecular flexibility index (Phi) is 6.44. The van der Waals surface area contributed by atoms with Crippen LogP contribution in [0.15, 0.2) is 0 Å². The zero-order valence-corrected chi connectivity index (χ0v) is 13.7. The SMILES string of the molecule is CC(C)(O)CN1CCN(CCCCC(C)(C)C#N)CC1. The predicted octanol–water partition coefficient (Wildman–Crippen LogP) is 2.09. The second-order valence-corrected chi connectivity index (χ2v) is 7.38. The zero-order valence-electron chi connectivity index (χ0n) is 13.7. The van der Waals surface area contributed by atoms with E-state index in [1.54, 1.807) is 0 Å². The zero-order chi connectivity index (χ0) is 15.2. The number of piperazine rings is 1. The summed E-state index contributed by atoms with van der Waals surface area (Å²) in [4.78, 5) is 4.84. The molecule has 20 heavy (non-hydrogen) atoms. The third-order valence-electron chi connectivity index (χ3n) is 3.90. The summed E-state index contributed by atoms with van der Waals surface area (Å²) in [6.45, 7) is 14.0. The van der Waals surface area contributed by atoms with Crippen LogP contribution in [-0.4, -0.2) is 59.8 Å². The molecule has 0 radical (unpaired) electrons. The molecule has 116 valence electrons. The van der Waals surface area contributed by atoms with E-state index in [-0.39, 0.29) is 5.41 Å². The summed E-state index contributed by atoms with van der Waals surface area (Å²) >= 11 is 0. The highest BCUT2D eigenvalue weighted by atomic mass is 16.3. The maximum Gasteiger partial charge on any atom is 0.0718 e. The lowest BCUT2D eigenvalue weighted by molar-refractivity contribution is 0.0175. The van der Waals surface area contributed by atoms with E-state index < -0.39 is 5.60 Å². The summed E-state index contributed by atoms with van der Waals surface area (Å²) in [7, 11) is 0. The predicted molar refractivity (Wildman–Crippen MR) is 82.4 cm³/mol. The quantitative estimate of drug-likeness (QED) is 0.726. The first-order valence-corrected chi connectivity index (χ1v) is 7.80. The lowest BCUT2D eigenvalue weighted by atomic mass is 9.89. The van der Waals surface area contributed by atoms with Crippen LogP contribution in [-0.2, 0) is 0 Å². The van der Waals surface area contributed by atoms with Gasteiger partial charge in [-0.3, -0.25) is 4.90 Å². The molecule has 1 saturated heterocycles. The Morgan fingerprint density at radius 2 is 1.55 bits per heavy atom. The molecule has 4 nitrogen and oxygen atoms in total. The lowest BCUT2D eigenvalue weighted by Gasteiger charge is -2.37. The maximum atomic E-state index is 9.83. The third-order valence-corrected chi connectivity index (χ3v) is 3.90. The normalized spacial score (nSPS) is 19.0. The number of hydrogen-bond acceptors (Lipinski definition) is 4. The Hall–Kier alpha value is -0.630. The van der Waals surface area contributed by atoms with Gasteiger partial charge in [0, 0.05) is 32.7 Å². The van der Waals surface area contributed by atoms with Crippen LogP contribution < -0.4 is 0 Å². The van der Waals surface area contributed by atoms with Crippen molar-refractivity contribution in [3.05, 3.63) is 0 Å². The second-order valence-electron chi connectivity index (χ2n) is 7.38. The van der Waals surface area contributed by atoms with Gasteiger partial charge in [-0.2, -0.15) is 5.26 Å². The van der Waals surface area contributed by atoms with Crippen molar-refractivity contribution in [2.75, 3.05) is 39.3 Å². The van der Waals surface area contributed by atoms with Gasteiger partial charge in [-0.1, -0.05) is 6.42 Å². The van der Waals surface area contributed by atoms with Gasteiger partial charge in [0.2, 0.25) is 0 Å². The molecule has 1 rings (SSSR count). The van der Waals surface area contributed by atoms with Gasteiger partial charge in [0.15, 0.2) is 0 Å². The lowest BCUT2D eigenvalue weighted by Crippen LogP contribution is -2.50. The van der Waals surface area contributed by atoms with Crippen LogP contribution in [0.3, 0.4) is 0 Å². The largest absolute Gasteiger partial charge is 0.389 e. The fourth-order valence-corrected chi connectivity index (χ4v) is 2.68. The fraction of sp³-hybridized carbons (Fsp3) is 0.938. The van der Waals surface area contributed by atoms with E-state index >= 15 is 0 Å². The first-order chi connectivity index (χ1) is 9.22. The monoisotopic (exact) mass is 281 g/mol. The molecule has 0 aliphatic carbocycles. The number of β-amino-alcohol motifs (C(OH)–C–C–N with tert-alkyl or cyclic N) is 1. The topological polar surface area (TPSA) is 50.5 Å². The standard InChI is InChI=1S/C16H31N3O/c1-15(2,13-17)7-5-6-8-18-9-11-19(12-10-18)14-16(3,4)20/h20H,5-12,14H2,1-4H3. The van der Waals surface area contributed by atoms with E-state index in [2.05, 4.69) is 15.9 Å². The van der Waals surface area contributed by atoms with E-state index in [4.69, 9.17) is 5.26 Å². The molecule has 1 aliphatic heterocycles. The highest BCUT2D eigenvalue weighted by Crippen LogP contribution is 2.21. The van der Waals surface area contributed by atoms with E-state index in [1.165, 1.54) is 6.42 Å². The molecule has 0 aromatic rings. The van der Waals surface area contributed by atoms with Crippen LogP contribution in [0.25, 0.3) is 0 Å². The van der Waals surface area contributed by atoms with E-state index in [9.17, 15) is 5.11 Å². The minimum Gasteiger partial charge on any atom is -0.389 e. The van der Waals surface area contributed by atoms with E-state index in [1.807, 2.05) is 27.7 Å².